The van der Waals surface area contributed by atoms with E-state index in [1.165, 1.54) is 21.8 Å². The Kier molecular flexibility index (Phi) is 1.90. The number of para-hydroxylation sites is 1. The third kappa shape index (κ3) is 1.13. The summed E-state index contributed by atoms with van der Waals surface area (Å²) in [5.74, 6) is 0. The molecular weight excluding hydrogens is 196 g/mol. The van der Waals surface area contributed by atoms with Gasteiger partial charge in [0.1, 0.15) is 0 Å². The van der Waals surface area contributed by atoms with Crippen LogP contribution in [0.1, 0.15) is 0 Å². The van der Waals surface area contributed by atoms with E-state index in [-0.39, 0.29) is 0 Å². The number of aryl methyl sites for hydroxylation is 1. The van der Waals surface area contributed by atoms with Crippen molar-refractivity contribution in [1.29, 1.82) is 0 Å². The Labute approximate surface area is 94.5 Å². The highest BCUT2D eigenvalue weighted by Crippen LogP contribution is 2.29. The normalized spacial score (nSPS) is 11.1. The third-order valence-electron chi connectivity index (χ3n) is 3.20. The summed E-state index contributed by atoms with van der Waals surface area (Å²) in [7, 11) is 4.07. The molecule has 0 fully saturated rings. The molecule has 0 spiro atoms. The minimum atomic E-state index is 1.16. The highest BCUT2D eigenvalue weighted by Gasteiger charge is 2.07. The zero-order chi connectivity index (χ0) is 11.1. The fourth-order valence-electron chi connectivity index (χ4n) is 2.32. The van der Waals surface area contributed by atoms with Gasteiger partial charge in [-0.15, -0.1) is 0 Å². The summed E-state index contributed by atoms with van der Waals surface area (Å²) in [5, 5.41) is 5.81. The molecule has 2 heteroatoms. The van der Waals surface area contributed by atoms with Gasteiger partial charge in [0, 0.05) is 41.6 Å². The molecule has 2 aromatic carbocycles. The van der Waals surface area contributed by atoms with Crippen LogP contribution in [0.25, 0.3) is 21.8 Å². The molecule has 1 aromatic heterocycles. The molecule has 0 aliphatic carbocycles. The second-order valence-electron chi connectivity index (χ2n) is 4.06. The summed E-state index contributed by atoms with van der Waals surface area (Å²) >= 11 is 0. The van der Waals surface area contributed by atoms with Crippen molar-refractivity contribution in [3.05, 3.63) is 42.5 Å². The molecule has 16 heavy (non-hydrogen) atoms. The first-order chi connectivity index (χ1) is 7.81. The number of nitrogens with one attached hydrogen (secondary N) is 1. The van der Waals surface area contributed by atoms with Crippen molar-refractivity contribution < 1.29 is 0 Å². The molecule has 0 saturated carbocycles. The Balaban J connectivity index is 2.52. The Morgan fingerprint density at radius 1 is 0.938 bits per heavy atom. The van der Waals surface area contributed by atoms with Gasteiger partial charge in [-0.3, -0.25) is 0 Å². The van der Waals surface area contributed by atoms with E-state index in [2.05, 4.69) is 59.4 Å². The van der Waals surface area contributed by atoms with Crippen LogP contribution in [0.15, 0.2) is 42.5 Å². The predicted octanol–water partition coefficient (Wildman–Crippen LogP) is 3.37. The number of hydrogen-bond donors (Lipinski definition) is 1. The second-order valence-corrected chi connectivity index (χ2v) is 4.06. The predicted molar refractivity (Wildman–Crippen MR) is 70.0 cm³/mol. The maximum Gasteiger partial charge on any atom is 0.0490 e. The summed E-state index contributed by atoms with van der Waals surface area (Å²) in [5.41, 5.74) is 3.72. The first-order valence-corrected chi connectivity index (χ1v) is 5.46. The largest absolute Gasteiger partial charge is 0.388 e. The first kappa shape index (κ1) is 9.28. The summed E-state index contributed by atoms with van der Waals surface area (Å²) in [4.78, 5) is 0. The van der Waals surface area contributed by atoms with Gasteiger partial charge in [0.25, 0.3) is 0 Å². The number of fused-ring (bicyclic) bond motifs is 3. The minimum absolute atomic E-state index is 1.16. The Morgan fingerprint density at radius 2 is 1.69 bits per heavy atom. The van der Waals surface area contributed by atoms with Crippen LogP contribution in [0.5, 0.6) is 0 Å². The number of anilines is 1. The topological polar surface area (TPSA) is 17.0 Å². The van der Waals surface area contributed by atoms with Gasteiger partial charge in [-0.25, -0.2) is 0 Å². The fourth-order valence-corrected chi connectivity index (χ4v) is 2.32. The molecule has 1 heterocycles. The molecular formula is C14H14N2. The van der Waals surface area contributed by atoms with Crippen molar-refractivity contribution in [2.45, 2.75) is 0 Å². The lowest BCUT2D eigenvalue weighted by molar-refractivity contribution is 1.01. The van der Waals surface area contributed by atoms with E-state index in [0.29, 0.717) is 0 Å². The molecule has 3 rings (SSSR count). The molecule has 0 saturated heterocycles. The van der Waals surface area contributed by atoms with Crippen LogP contribution < -0.4 is 5.32 Å². The van der Waals surface area contributed by atoms with E-state index in [4.69, 9.17) is 0 Å². The molecule has 0 aliphatic rings. The van der Waals surface area contributed by atoms with Crippen molar-refractivity contribution in [1.82, 2.24) is 4.57 Å². The average molecular weight is 210 g/mol. The van der Waals surface area contributed by atoms with Gasteiger partial charge in [-0.2, -0.15) is 0 Å². The van der Waals surface area contributed by atoms with E-state index < -0.39 is 0 Å². The van der Waals surface area contributed by atoms with Gasteiger partial charge in [0.05, 0.1) is 0 Å². The molecule has 3 aromatic rings. The van der Waals surface area contributed by atoms with Crippen molar-refractivity contribution in [3.63, 3.8) is 0 Å². The van der Waals surface area contributed by atoms with Gasteiger partial charge < -0.3 is 9.88 Å². The number of hydrogen-bond acceptors (Lipinski definition) is 1. The molecule has 0 atom stereocenters. The summed E-state index contributed by atoms with van der Waals surface area (Å²) < 4.78 is 2.24. The number of aromatic nitrogens is 1. The lowest BCUT2D eigenvalue weighted by Crippen LogP contribution is -1.88. The monoisotopic (exact) mass is 210 g/mol. The Bertz CT molecular complexity index is 665. The van der Waals surface area contributed by atoms with E-state index in [9.17, 15) is 0 Å². The van der Waals surface area contributed by atoms with E-state index in [0.717, 1.165) is 5.69 Å². The maximum atomic E-state index is 3.18. The highest BCUT2D eigenvalue weighted by molar-refractivity contribution is 6.08. The molecule has 2 nitrogen and oxygen atoms in total. The van der Waals surface area contributed by atoms with Crippen LogP contribution in [0.4, 0.5) is 5.69 Å². The Morgan fingerprint density at radius 3 is 2.50 bits per heavy atom. The van der Waals surface area contributed by atoms with E-state index in [1.807, 2.05) is 7.05 Å². The smallest absolute Gasteiger partial charge is 0.0490 e. The average Bonchev–Trinajstić information content (AvgIpc) is 2.64. The van der Waals surface area contributed by atoms with Crippen molar-refractivity contribution in [3.8, 4) is 0 Å². The van der Waals surface area contributed by atoms with Crippen LogP contribution in [0, 0.1) is 0 Å². The van der Waals surface area contributed by atoms with E-state index >= 15 is 0 Å². The molecule has 0 bridgehead atoms. The van der Waals surface area contributed by atoms with Crippen LogP contribution in [0.2, 0.25) is 0 Å². The van der Waals surface area contributed by atoms with Crippen molar-refractivity contribution >= 4 is 27.5 Å². The van der Waals surface area contributed by atoms with Gasteiger partial charge in [-0.1, -0.05) is 18.2 Å². The molecule has 0 radical (unpaired) electrons. The number of nitrogens with zero attached hydrogens (tertiary/aromatic N) is 1. The number of benzene rings is 2. The Hall–Kier alpha value is -1.96. The zero-order valence-corrected chi connectivity index (χ0v) is 9.49. The van der Waals surface area contributed by atoms with Gasteiger partial charge >= 0.3 is 0 Å². The minimum Gasteiger partial charge on any atom is -0.388 e. The van der Waals surface area contributed by atoms with Crippen LogP contribution in [-0.2, 0) is 7.05 Å². The zero-order valence-electron chi connectivity index (χ0n) is 9.49. The number of rotatable bonds is 1. The van der Waals surface area contributed by atoms with Gasteiger partial charge in [0.15, 0.2) is 0 Å². The molecule has 0 unspecified atom stereocenters. The summed E-state index contributed by atoms with van der Waals surface area (Å²) in [6, 6.07) is 15.0. The summed E-state index contributed by atoms with van der Waals surface area (Å²) in [6.45, 7) is 0. The van der Waals surface area contributed by atoms with Crippen molar-refractivity contribution in [2.75, 3.05) is 12.4 Å². The maximum absolute atomic E-state index is 3.18. The van der Waals surface area contributed by atoms with Crippen LogP contribution in [-0.4, -0.2) is 11.6 Å². The third-order valence-corrected chi connectivity index (χ3v) is 3.20. The SMILES string of the molecule is CNc1ccc2c(c1)c1ccccc1n2C. The quantitative estimate of drug-likeness (QED) is 0.651. The van der Waals surface area contributed by atoms with Gasteiger partial charge in [-0.05, 0) is 24.3 Å². The highest BCUT2D eigenvalue weighted by atomic mass is 14.9. The molecule has 80 valence electrons. The first-order valence-electron chi connectivity index (χ1n) is 5.46. The standard InChI is InChI=1S/C14H14N2/c1-15-10-7-8-14-12(9-10)11-5-3-4-6-13(11)16(14)2/h3-9,15H,1-2H3. The van der Waals surface area contributed by atoms with Gasteiger partial charge in [0.2, 0.25) is 0 Å². The fraction of sp³-hybridized carbons (Fsp3) is 0.143. The lowest BCUT2D eigenvalue weighted by Gasteiger charge is -2.00. The lowest BCUT2D eigenvalue weighted by atomic mass is 10.1. The van der Waals surface area contributed by atoms with E-state index in [1.54, 1.807) is 0 Å². The van der Waals surface area contributed by atoms with Crippen LogP contribution in [0.3, 0.4) is 0 Å². The van der Waals surface area contributed by atoms with Crippen LogP contribution >= 0.6 is 0 Å². The molecule has 0 aliphatic heterocycles. The van der Waals surface area contributed by atoms with Crippen molar-refractivity contribution in [2.24, 2.45) is 7.05 Å². The molecule has 1 N–H and O–H groups in total. The summed E-state index contributed by atoms with van der Waals surface area (Å²) in [6.07, 6.45) is 0. The molecule has 0 amide bonds. The second kappa shape index (κ2) is 3.27.